The molecule has 1 N–H and O–H groups in total. The molecule has 3 rings (SSSR count). The molecule has 27 heavy (non-hydrogen) atoms. The predicted octanol–water partition coefficient (Wildman–Crippen LogP) is 3.29. The van der Waals surface area contributed by atoms with Gasteiger partial charge in [0.2, 0.25) is 10.0 Å². The Morgan fingerprint density at radius 3 is 2.48 bits per heavy atom. The monoisotopic (exact) mass is 388 g/mol. The molecule has 2 aromatic rings. The van der Waals surface area contributed by atoms with E-state index >= 15 is 0 Å². The molecule has 0 spiro atoms. The van der Waals surface area contributed by atoms with Crippen molar-refractivity contribution in [3.8, 4) is 0 Å². The van der Waals surface area contributed by atoms with Gasteiger partial charge in [-0.15, -0.1) is 0 Å². The van der Waals surface area contributed by atoms with Crippen molar-refractivity contribution in [2.45, 2.75) is 32.1 Å². The van der Waals surface area contributed by atoms with Crippen molar-refractivity contribution in [2.75, 3.05) is 19.7 Å². The summed E-state index contributed by atoms with van der Waals surface area (Å²) in [5, 5.41) is 0. The third kappa shape index (κ3) is 3.70. The molecule has 0 amide bonds. The number of aromatic nitrogens is 1. The number of hydrogen-bond acceptors (Lipinski definition) is 4. The van der Waals surface area contributed by atoms with E-state index in [0.29, 0.717) is 24.4 Å². The van der Waals surface area contributed by atoms with E-state index < -0.39 is 16.0 Å². The minimum absolute atomic E-state index is 0.0232. The highest BCUT2D eigenvalue weighted by molar-refractivity contribution is 7.89. The fourth-order valence-corrected chi connectivity index (χ4v) is 5.24. The summed E-state index contributed by atoms with van der Waals surface area (Å²) in [6, 6.07) is 9.94. The zero-order chi connectivity index (χ0) is 19.6. The van der Waals surface area contributed by atoms with E-state index in [2.05, 4.69) is 4.98 Å². The Morgan fingerprint density at radius 1 is 1.19 bits per heavy atom. The number of sulfonamides is 1. The fourth-order valence-electron chi connectivity index (χ4n) is 3.44. The molecular formula is C20H24N2O4S. The normalized spacial score (nSPS) is 15.4. The standard InChI is InChI=1S/C20H24N2O4S/c1-4-26-20(23)18-14(2)21-15(3)19(18)27(24,25)22-12-10-17(11-13-22)16-8-6-5-7-9-16/h5-10,21H,4,11-13H2,1-3H3. The van der Waals surface area contributed by atoms with Crippen molar-refractivity contribution in [2.24, 2.45) is 0 Å². The second-order valence-electron chi connectivity index (χ2n) is 6.51. The number of benzene rings is 1. The molecule has 0 saturated carbocycles. The lowest BCUT2D eigenvalue weighted by Gasteiger charge is -2.26. The largest absolute Gasteiger partial charge is 0.462 e. The first-order chi connectivity index (χ1) is 12.9. The van der Waals surface area contributed by atoms with Crippen LogP contribution in [0.1, 0.15) is 40.7 Å². The number of aryl methyl sites for hydroxylation is 2. The van der Waals surface area contributed by atoms with Crippen LogP contribution in [0.2, 0.25) is 0 Å². The third-order valence-corrected chi connectivity index (χ3v) is 6.75. The number of hydrogen-bond donors (Lipinski definition) is 1. The van der Waals surface area contributed by atoms with Crippen molar-refractivity contribution >= 4 is 21.6 Å². The lowest BCUT2D eigenvalue weighted by Crippen LogP contribution is -2.35. The number of aromatic amines is 1. The molecule has 0 fully saturated rings. The highest BCUT2D eigenvalue weighted by Gasteiger charge is 2.34. The summed E-state index contributed by atoms with van der Waals surface area (Å²) in [4.78, 5) is 15.3. The molecule has 0 saturated heterocycles. The molecule has 7 heteroatoms. The molecule has 0 aliphatic carbocycles. The van der Waals surface area contributed by atoms with Gasteiger partial charge in [-0.3, -0.25) is 0 Å². The van der Waals surface area contributed by atoms with E-state index in [0.717, 1.165) is 11.1 Å². The van der Waals surface area contributed by atoms with Crippen LogP contribution < -0.4 is 0 Å². The van der Waals surface area contributed by atoms with Crippen LogP contribution in [0.5, 0.6) is 0 Å². The zero-order valence-corrected chi connectivity index (χ0v) is 16.6. The smallest absolute Gasteiger partial charge is 0.341 e. The van der Waals surface area contributed by atoms with Gasteiger partial charge in [0.1, 0.15) is 10.5 Å². The molecule has 0 radical (unpaired) electrons. The van der Waals surface area contributed by atoms with E-state index in [1.54, 1.807) is 20.8 Å². The van der Waals surface area contributed by atoms with Crippen LogP contribution in [0.4, 0.5) is 0 Å². The third-order valence-electron chi connectivity index (χ3n) is 4.71. The zero-order valence-electron chi connectivity index (χ0n) is 15.8. The summed E-state index contributed by atoms with van der Waals surface area (Å²) >= 11 is 0. The van der Waals surface area contributed by atoms with Gasteiger partial charge >= 0.3 is 5.97 Å². The fraction of sp³-hybridized carbons (Fsp3) is 0.350. The molecule has 1 aromatic carbocycles. The van der Waals surface area contributed by atoms with Gasteiger partial charge in [-0.05, 0) is 38.3 Å². The number of carbonyl (C=O) groups is 1. The van der Waals surface area contributed by atoms with Gasteiger partial charge in [0, 0.05) is 24.5 Å². The van der Waals surface area contributed by atoms with Gasteiger partial charge in [-0.2, -0.15) is 4.31 Å². The molecule has 2 heterocycles. The molecule has 0 unspecified atom stereocenters. The van der Waals surface area contributed by atoms with Crippen LogP contribution in [0.25, 0.3) is 5.57 Å². The summed E-state index contributed by atoms with van der Waals surface area (Å²) in [7, 11) is -3.81. The van der Waals surface area contributed by atoms with Crippen molar-refractivity contribution in [3.63, 3.8) is 0 Å². The predicted molar refractivity (Wildman–Crippen MR) is 104 cm³/mol. The molecular weight excluding hydrogens is 364 g/mol. The Kier molecular flexibility index (Phi) is 5.53. The summed E-state index contributed by atoms with van der Waals surface area (Å²) in [5.74, 6) is -0.615. The quantitative estimate of drug-likeness (QED) is 0.797. The summed E-state index contributed by atoms with van der Waals surface area (Å²) in [6.45, 7) is 5.88. The second-order valence-corrected chi connectivity index (χ2v) is 8.38. The van der Waals surface area contributed by atoms with E-state index in [4.69, 9.17) is 4.74 Å². The number of nitrogens with one attached hydrogen (secondary N) is 1. The molecule has 6 nitrogen and oxygen atoms in total. The van der Waals surface area contributed by atoms with E-state index in [1.165, 1.54) is 4.31 Å². The molecule has 0 bridgehead atoms. The highest BCUT2D eigenvalue weighted by Crippen LogP contribution is 2.30. The Bertz CT molecular complexity index is 975. The van der Waals surface area contributed by atoms with E-state index in [1.807, 2.05) is 36.4 Å². The van der Waals surface area contributed by atoms with Crippen LogP contribution in [-0.2, 0) is 14.8 Å². The van der Waals surface area contributed by atoms with Crippen molar-refractivity contribution < 1.29 is 17.9 Å². The average Bonchev–Trinajstić information content (AvgIpc) is 2.97. The lowest BCUT2D eigenvalue weighted by molar-refractivity contribution is 0.0521. The molecule has 1 aliphatic heterocycles. The summed E-state index contributed by atoms with van der Waals surface area (Å²) < 4.78 is 33.0. The first-order valence-electron chi connectivity index (χ1n) is 8.97. The maximum absolute atomic E-state index is 13.3. The van der Waals surface area contributed by atoms with Crippen LogP contribution in [-0.4, -0.2) is 43.4 Å². The molecule has 0 atom stereocenters. The minimum atomic E-state index is -3.81. The van der Waals surface area contributed by atoms with Crippen molar-refractivity contribution in [3.05, 3.63) is 58.9 Å². The topological polar surface area (TPSA) is 79.5 Å². The minimum Gasteiger partial charge on any atom is -0.462 e. The van der Waals surface area contributed by atoms with Crippen LogP contribution >= 0.6 is 0 Å². The van der Waals surface area contributed by atoms with Crippen molar-refractivity contribution in [1.82, 2.24) is 9.29 Å². The number of ether oxygens (including phenoxy) is 1. The molecule has 1 aromatic heterocycles. The van der Waals surface area contributed by atoms with Crippen LogP contribution in [0, 0.1) is 13.8 Å². The number of rotatable bonds is 5. The summed E-state index contributed by atoms with van der Waals surface area (Å²) in [5.41, 5.74) is 3.30. The Hall–Kier alpha value is -2.38. The Balaban J connectivity index is 1.93. The average molecular weight is 388 g/mol. The van der Waals surface area contributed by atoms with Crippen LogP contribution in [0.3, 0.4) is 0 Å². The second kappa shape index (κ2) is 7.70. The first-order valence-corrected chi connectivity index (χ1v) is 10.4. The van der Waals surface area contributed by atoms with E-state index in [9.17, 15) is 13.2 Å². The van der Waals surface area contributed by atoms with Gasteiger partial charge < -0.3 is 9.72 Å². The number of esters is 1. The maximum Gasteiger partial charge on any atom is 0.341 e. The molecule has 144 valence electrons. The van der Waals surface area contributed by atoms with Crippen LogP contribution in [0.15, 0.2) is 41.3 Å². The SMILES string of the molecule is CCOC(=O)c1c(C)[nH]c(C)c1S(=O)(=O)N1CC=C(c2ccccc2)CC1. The number of nitrogens with zero attached hydrogens (tertiary/aromatic N) is 1. The van der Waals surface area contributed by atoms with E-state index in [-0.39, 0.29) is 23.6 Å². The van der Waals surface area contributed by atoms with Gasteiger partial charge in [-0.1, -0.05) is 36.4 Å². The van der Waals surface area contributed by atoms with Gasteiger partial charge in [0.15, 0.2) is 0 Å². The molecule has 1 aliphatic rings. The lowest BCUT2D eigenvalue weighted by atomic mass is 10.0. The van der Waals surface area contributed by atoms with Gasteiger partial charge in [-0.25, -0.2) is 13.2 Å². The highest BCUT2D eigenvalue weighted by atomic mass is 32.2. The Morgan fingerprint density at radius 2 is 1.89 bits per heavy atom. The van der Waals surface area contributed by atoms with Gasteiger partial charge in [0.25, 0.3) is 0 Å². The number of carbonyl (C=O) groups excluding carboxylic acids is 1. The van der Waals surface area contributed by atoms with Crippen molar-refractivity contribution in [1.29, 1.82) is 0 Å². The summed E-state index contributed by atoms with van der Waals surface area (Å²) in [6.07, 6.45) is 2.57. The Labute approximate surface area is 159 Å². The number of H-pyrrole nitrogens is 1. The van der Waals surface area contributed by atoms with Gasteiger partial charge in [0.05, 0.1) is 6.61 Å². The first kappa shape index (κ1) is 19.4. The maximum atomic E-state index is 13.3.